The number of carbonyl (C=O) groups is 1. The maximum absolute atomic E-state index is 11.8. The number of nitrogens with zero attached hydrogens (tertiary/aromatic N) is 2. The average molecular weight is 340 g/mol. The molecule has 0 aliphatic carbocycles. The molecule has 22 heavy (non-hydrogen) atoms. The molecule has 0 atom stereocenters. The van der Waals surface area contributed by atoms with Crippen molar-refractivity contribution in [2.75, 3.05) is 7.11 Å². The van der Waals surface area contributed by atoms with E-state index in [4.69, 9.17) is 27.9 Å². The number of halogens is 2. The van der Waals surface area contributed by atoms with Gasteiger partial charge in [-0.1, -0.05) is 23.2 Å². The van der Waals surface area contributed by atoms with E-state index in [1.165, 1.54) is 25.6 Å². The quantitative estimate of drug-likeness (QED) is 0.662. The van der Waals surface area contributed by atoms with Gasteiger partial charge in [0.2, 0.25) is 0 Å². The molecule has 6 nitrogen and oxygen atoms in total. The van der Waals surface area contributed by atoms with Crippen molar-refractivity contribution in [2.45, 2.75) is 0 Å². The fraction of sp³-hybridized carbons (Fsp3) is 0.0714. The fourth-order valence-electron chi connectivity index (χ4n) is 1.60. The van der Waals surface area contributed by atoms with Gasteiger partial charge in [-0.05, 0) is 12.1 Å². The Hall–Kier alpha value is -2.31. The van der Waals surface area contributed by atoms with E-state index in [-0.39, 0.29) is 27.1 Å². The van der Waals surface area contributed by atoms with Gasteiger partial charge in [0.25, 0.3) is 5.91 Å². The number of phenolic OH excluding ortho intramolecular Hbond substituents is 1. The van der Waals surface area contributed by atoms with Crippen LogP contribution in [0.4, 0.5) is 0 Å². The number of pyridine rings is 1. The Balaban J connectivity index is 2.20. The molecule has 0 bridgehead atoms. The number of carbonyl (C=O) groups excluding carboxylic acids is 1. The molecule has 0 spiro atoms. The molecule has 0 aliphatic heterocycles. The first-order valence-electron chi connectivity index (χ1n) is 6.03. The molecule has 0 saturated heterocycles. The van der Waals surface area contributed by atoms with Crippen LogP contribution in [0.15, 0.2) is 35.7 Å². The van der Waals surface area contributed by atoms with Gasteiger partial charge >= 0.3 is 0 Å². The highest BCUT2D eigenvalue weighted by Gasteiger charge is 2.15. The van der Waals surface area contributed by atoms with Crippen LogP contribution in [0.2, 0.25) is 10.0 Å². The highest BCUT2D eigenvalue weighted by molar-refractivity contribution is 6.43. The summed E-state index contributed by atoms with van der Waals surface area (Å²) in [7, 11) is 1.38. The van der Waals surface area contributed by atoms with E-state index in [0.29, 0.717) is 5.56 Å². The molecule has 1 aromatic carbocycles. The normalized spacial score (nSPS) is 10.7. The van der Waals surface area contributed by atoms with Crippen LogP contribution in [0.25, 0.3) is 0 Å². The lowest BCUT2D eigenvalue weighted by Gasteiger charge is -2.09. The zero-order valence-corrected chi connectivity index (χ0v) is 12.9. The second kappa shape index (κ2) is 7.11. The number of amides is 1. The third-order valence-electron chi connectivity index (χ3n) is 2.70. The van der Waals surface area contributed by atoms with Crippen LogP contribution in [0.3, 0.4) is 0 Å². The Morgan fingerprint density at radius 3 is 2.91 bits per heavy atom. The van der Waals surface area contributed by atoms with Crippen LogP contribution in [-0.2, 0) is 0 Å². The van der Waals surface area contributed by atoms with E-state index in [1.54, 1.807) is 18.3 Å². The third-order valence-corrected chi connectivity index (χ3v) is 3.50. The third kappa shape index (κ3) is 3.47. The predicted molar refractivity (Wildman–Crippen MR) is 84.0 cm³/mol. The summed E-state index contributed by atoms with van der Waals surface area (Å²) in [6.07, 6.45) is 4.13. The van der Waals surface area contributed by atoms with E-state index < -0.39 is 5.91 Å². The summed E-state index contributed by atoms with van der Waals surface area (Å²) in [6.45, 7) is 0. The van der Waals surface area contributed by atoms with Crippen LogP contribution in [0, 0.1) is 0 Å². The van der Waals surface area contributed by atoms with Gasteiger partial charge in [0.15, 0.2) is 11.5 Å². The van der Waals surface area contributed by atoms with Crippen molar-refractivity contribution in [3.8, 4) is 11.5 Å². The summed E-state index contributed by atoms with van der Waals surface area (Å²) >= 11 is 11.9. The van der Waals surface area contributed by atoms with Gasteiger partial charge in [0.05, 0.1) is 34.5 Å². The number of hydrogen-bond acceptors (Lipinski definition) is 5. The molecular formula is C14H11Cl2N3O3. The summed E-state index contributed by atoms with van der Waals surface area (Å²) in [5.41, 5.74) is 2.78. The molecule has 1 heterocycles. The minimum atomic E-state index is -0.450. The van der Waals surface area contributed by atoms with Crippen LogP contribution in [0.5, 0.6) is 11.5 Å². The maximum Gasteiger partial charge on any atom is 0.272 e. The second-order valence-electron chi connectivity index (χ2n) is 4.08. The maximum atomic E-state index is 11.8. The predicted octanol–water partition coefficient (Wildman–Crippen LogP) is 2.87. The van der Waals surface area contributed by atoms with E-state index in [9.17, 15) is 9.90 Å². The molecule has 0 saturated carbocycles. The zero-order chi connectivity index (χ0) is 16.1. The van der Waals surface area contributed by atoms with Crippen molar-refractivity contribution in [2.24, 2.45) is 5.10 Å². The van der Waals surface area contributed by atoms with Gasteiger partial charge in [0.1, 0.15) is 0 Å². The van der Waals surface area contributed by atoms with E-state index >= 15 is 0 Å². The molecule has 0 aliphatic rings. The molecule has 2 N–H and O–H groups in total. The monoisotopic (exact) mass is 339 g/mol. The van der Waals surface area contributed by atoms with Gasteiger partial charge in [-0.3, -0.25) is 9.78 Å². The first kappa shape index (κ1) is 16.1. The van der Waals surface area contributed by atoms with Crippen molar-refractivity contribution >= 4 is 35.3 Å². The van der Waals surface area contributed by atoms with Crippen LogP contribution >= 0.6 is 23.2 Å². The van der Waals surface area contributed by atoms with Crippen LogP contribution < -0.4 is 10.2 Å². The number of hydrazone groups is 1. The van der Waals surface area contributed by atoms with Gasteiger partial charge in [0, 0.05) is 18.5 Å². The second-order valence-corrected chi connectivity index (χ2v) is 4.86. The van der Waals surface area contributed by atoms with Crippen LogP contribution in [-0.4, -0.2) is 29.3 Å². The molecule has 1 aromatic heterocycles. The molecule has 2 rings (SSSR count). The van der Waals surface area contributed by atoms with Crippen LogP contribution in [0.1, 0.15) is 15.9 Å². The summed E-state index contributed by atoms with van der Waals surface area (Å²) in [4.78, 5) is 15.6. The molecule has 8 heteroatoms. The number of hydrogen-bond donors (Lipinski definition) is 2. The number of ether oxygens (including phenoxy) is 1. The van der Waals surface area contributed by atoms with Crippen molar-refractivity contribution in [1.29, 1.82) is 0 Å². The van der Waals surface area contributed by atoms with Crippen molar-refractivity contribution in [1.82, 2.24) is 10.4 Å². The van der Waals surface area contributed by atoms with E-state index in [0.717, 1.165) is 0 Å². The highest BCUT2D eigenvalue weighted by Crippen LogP contribution is 2.38. The minimum Gasteiger partial charge on any atom is -0.504 e. The van der Waals surface area contributed by atoms with Gasteiger partial charge in [-0.25, -0.2) is 5.43 Å². The zero-order valence-electron chi connectivity index (χ0n) is 11.4. The van der Waals surface area contributed by atoms with E-state index in [2.05, 4.69) is 15.5 Å². The topological polar surface area (TPSA) is 83.8 Å². The first-order chi connectivity index (χ1) is 10.5. The average Bonchev–Trinajstić information content (AvgIpc) is 2.54. The number of phenols is 1. The summed E-state index contributed by atoms with van der Waals surface area (Å²) in [5.74, 6) is -0.528. The number of aromatic hydroxyl groups is 1. The van der Waals surface area contributed by atoms with Crippen molar-refractivity contribution in [3.63, 3.8) is 0 Å². The Morgan fingerprint density at radius 1 is 1.50 bits per heavy atom. The van der Waals surface area contributed by atoms with Crippen molar-refractivity contribution < 1.29 is 14.6 Å². The standard InChI is InChI=1S/C14H11Cl2N3O3/c1-22-11-5-10(15)12(16)9(13(11)20)7-18-19-14(21)8-3-2-4-17-6-8/h2-7,20H,1H3,(H,19,21)/b18-7+. The Bertz CT molecular complexity index is 721. The Kier molecular flexibility index (Phi) is 5.19. The van der Waals surface area contributed by atoms with Gasteiger partial charge in [-0.15, -0.1) is 0 Å². The molecule has 0 radical (unpaired) electrons. The summed E-state index contributed by atoms with van der Waals surface area (Å²) in [6, 6.07) is 4.60. The molecule has 114 valence electrons. The lowest BCUT2D eigenvalue weighted by molar-refractivity contribution is 0.0954. The smallest absolute Gasteiger partial charge is 0.272 e. The summed E-state index contributed by atoms with van der Waals surface area (Å²) < 4.78 is 4.97. The van der Waals surface area contributed by atoms with E-state index in [1.807, 2.05) is 0 Å². The SMILES string of the molecule is COc1cc(Cl)c(Cl)c(/C=N/NC(=O)c2cccnc2)c1O. The highest BCUT2D eigenvalue weighted by atomic mass is 35.5. The van der Waals surface area contributed by atoms with Crippen molar-refractivity contribution in [3.05, 3.63) is 51.8 Å². The number of aromatic nitrogens is 1. The Labute approximate surface area is 136 Å². The van der Waals surface area contributed by atoms with Gasteiger partial charge in [-0.2, -0.15) is 5.10 Å². The number of nitrogens with one attached hydrogen (secondary N) is 1. The molecule has 0 fully saturated rings. The van der Waals surface area contributed by atoms with Gasteiger partial charge < -0.3 is 9.84 Å². The number of rotatable bonds is 4. The lowest BCUT2D eigenvalue weighted by atomic mass is 10.2. The summed E-state index contributed by atoms with van der Waals surface area (Å²) in [5, 5.41) is 14.0. The number of methoxy groups -OCH3 is 1. The molecule has 0 unspecified atom stereocenters. The minimum absolute atomic E-state index is 0.0966. The number of benzene rings is 1. The Morgan fingerprint density at radius 2 is 2.27 bits per heavy atom. The molecule has 2 aromatic rings. The molecule has 1 amide bonds. The fourth-order valence-corrected chi connectivity index (χ4v) is 2.00. The first-order valence-corrected chi connectivity index (χ1v) is 6.78. The molecular weight excluding hydrogens is 329 g/mol. The largest absolute Gasteiger partial charge is 0.504 e. The lowest BCUT2D eigenvalue weighted by Crippen LogP contribution is -2.17.